The minimum Gasteiger partial charge on any atom is -0.465 e. The molecule has 0 saturated heterocycles. The van der Waals surface area contributed by atoms with Crippen LogP contribution >= 0.6 is 0 Å². The summed E-state index contributed by atoms with van der Waals surface area (Å²) >= 11 is 0. The lowest BCUT2D eigenvalue weighted by molar-refractivity contribution is 0.0598. The highest BCUT2D eigenvalue weighted by atomic mass is 16.5. The molecule has 0 fully saturated rings. The molecule has 1 aromatic carbocycles. The molecule has 0 aliphatic carbocycles. The molecule has 5 heteroatoms. The first-order valence-electron chi connectivity index (χ1n) is 4.32. The van der Waals surface area contributed by atoms with Crippen molar-refractivity contribution in [2.45, 2.75) is 0 Å². The average Bonchev–Trinajstić information content (AvgIpc) is 2.26. The number of Topliss-reactive ketones (excluding diaryl/α,β-unsaturated/α-hetero) is 1. The van der Waals surface area contributed by atoms with Crippen LogP contribution in [-0.4, -0.2) is 25.4 Å². The topological polar surface area (TPSA) is 95.4 Å². The second-order valence-electron chi connectivity index (χ2n) is 2.89. The second kappa shape index (κ2) is 4.56. The number of ether oxygens (including phenoxy) is 1. The number of benzene rings is 1. The van der Waals surface area contributed by atoms with Crippen LogP contribution in [0.3, 0.4) is 0 Å². The van der Waals surface area contributed by atoms with E-state index in [9.17, 15) is 9.59 Å². The Morgan fingerprint density at radius 3 is 2.60 bits per heavy atom. The van der Waals surface area contributed by atoms with Crippen molar-refractivity contribution < 1.29 is 14.3 Å². The van der Waals surface area contributed by atoms with E-state index in [1.165, 1.54) is 19.2 Å². The maximum absolute atomic E-state index is 11.4. The lowest BCUT2D eigenvalue weighted by Gasteiger charge is -2.08. The Morgan fingerprint density at radius 1 is 1.40 bits per heavy atom. The first kappa shape index (κ1) is 11.2. The third-order valence-electron chi connectivity index (χ3n) is 1.97. The smallest absolute Gasteiger partial charge is 0.340 e. The monoisotopic (exact) mass is 208 g/mol. The van der Waals surface area contributed by atoms with Crippen LogP contribution in [0.25, 0.3) is 0 Å². The molecule has 1 rings (SSSR count). The summed E-state index contributed by atoms with van der Waals surface area (Å²) in [4.78, 5) is 22.8. The average molecular weight is 208 g/mol. The van der Waals surface area contributed by atoms with Crippen molar-refractivity contribution in [2.24, 2.45) is 5.73 Å². The summed E-state index contributed by atoms with van der Waals surface area (Å²) in [6.45, 7) is -0.173. The largest absolute Gasteiger partial charge is 0.465 e. The predicted molar refractivity (Wildman–Crippen MR) is 55.6 cm³/mol. The van der Waals surface area contributed by atoms with Crippen LogP contribution in [0.5, 0.6) is 0 Å². The second-order valence-corrected chi connectivity index (χ2v) is 2.89. The standard InChI is InChI=1S/C10H12N2O3/c1-15-10(14)9-6(8(13)5-11)3-2-4-7(9)12/h2-4H,5,11-12H2,1H3. The van der Waals surface area contributed by atoms with Crippen LogP contribution in [-0.2, 0) is 4.74 Å². The van der Waals surface area contributed by atoms with Gasteiger partial charge in [-0.05, 0) is 6.07 Å². The Labute approximate surface area is 87.0 Å². The molecule has 0 radical (unpaired) electrons. The van der Waals surface area contributed by atoms with Crippen LogP contribution < -0.4 is 11.5 Å². The number of nitrogens with two attached hydrogens (primary N) is 2. The van der Waals surface area contributed by atoms with E-state index in [2.05, 4.69) is 4.74 Å². The van der Waals surface area contributed by atoms with E-state index >= 15 is 0 Å². The zero-order valence-electron chi connectivity index (χ0n) is 8.32. The van der Waals surface area contributed by atoms with E-state index < -0.39 is 5.97 Å². The molecule has 0 unspecified atom stereocenters. The third kappa shape index (κ3) is 2.13. The highest BCUT2D eigenvalue weighted by Crippen LogP contribution is 2.18. The molecule has 0 saturated carbocycles. The lowest BCUT2D eigenvalue weighted by Crippen LogP contribution is -2.19. The van der Waals surface area contributed by atoms with E-state index in [1.807, 2.05) is 0 Å². The number of hydrogen-bond acceptors (Lipinski definition) is 5. The van der Waals surface area contributed by atoms with Crippen molar-refractivity contribution in [3.63, 3.8) is 0 Å². The summed E-state index contributed by atoms with van der Waals surface area (Å²) in [6.07, 6.45) is 0. The minimum absolute atomic E-state index is 0.0791. The molecule has 5 nitrogen and oxygen atoms in total. The first-order valence-corrected chi connectivity index (χ1v) is 4.32. The molecular formula is C10H12N2O3. The molecule has 15 heavy (non-hydrogen) atoms. The Kier molecular flexibility index (Phi) is 3.41. The fraction of sp³-hybridized carbons (Fsp3) is 0.200. The van der Waals surface area contributed by atoms with Gasteiger partial charge in [0.05, 0.1) is 19.2 Å². The Balaban J connectivity index is 3.32. The maximum Gasteiger partial charge on any atom is 0.340 e. The van der Waals surface area contributed by atoms with Gasteiger partial charge in [-0.15, -0.1) is 0 Å². The Bertz CT molecular complexity index is 402. The van der Waals surface area contributed by atoms with Gasteiger partial charge < -0.3 is 16.2 Å². The third-order valence-corrected chi connectivity index (χ3v) is 1.97. The van der Waals surface area contributed by atoms with Gasteiger partial charge in [0.25, 0.3) is 0 Å². The number of ketones is 1. The molecule has 0 heterocycles. The van der Waals surface area contributed by atoms with Crippen LogP contribution in [0, 0.1) is 0 Å². The predicted octanol–water partition coefficient (Wildman–Crippen LogP) is 0.197. The van der Waals surface area contributed by atoms with Crippen LogP contribution in [0.1, 0.15) is 20.7 Å². The molecule has 0 aliphatic rings. The summed E-state index contributed by atoms with van der Waals surface area (Å²) in [5.74, 6) is -0.979. The number of carbonyl (C=O) groups is 2. The Hall–Kier alpha value is -1.88. The summed E-state index contributed by atoms with van der Waals surface area (Å²) < 4.78 is 4.54. The number of carbonyl (C=O) groups excluding carboxylic acids is 2. The van der Waals surface area contributed by atoms with E-state index in [-0.39, 0.29) is 29.1 Å². The van der Waals surface area contributed by atoms with E-state index in [1.54, 1.807) is 6.07 Å². The van der Waals surface area contributed by atoms with Gasteiger partial charge in [0.1, 0.15) is 0 Å². The Morgan fingerprint density at radius 2 is 2.07 bits per heavy atom. The highest BCUT2D eigenvalue weighted by Gasteiger charge is 2.19. The van der Waals surface area contributed by atoms with E-state index in [0.29, 0.717) is 0 Å². The normalized spacial score (nSPS) is 9.73. The summed E-state index contributed by atoms with van der Waals surface area (Å²) in [7, 11) is 1.23. The van der Waals surface area contributed by atoms with Gasteiger partial charge in [0.15, 0.2) is 5.78 Å². The molecule has 0 amide bonds. The van der Waals surface area contributed by atoms with E-state index in [4.69, 9.17) is 11.5 Å². The molecule has 0 aromatic heterocycles. The van der Waals surface area contributed by atoms with Gasteiger partial charge in [-0.2, -0.15) is 0 Å². The molecule has 0 bridgehead atoms. The van der Waals surface area contributed by atoms with Crippen molar-refractivity contribution in [2.75, 3.05) is 19.4 Å². The number of rotatable bonds is 3. The van der Waals surface area contributed by atoms with Crippen molar-refractivity contribution in [3.8, 4) is 0 Å². The van der Waals surface area contributed by atoms with Gasteiger partial charge in [0, 0.05) is 11.3 Å². The lowest BCUT2D eigenvalue weighted by atomic mass is 10.0. The van der Waals surface area contributed by atoms with Crippen LogP contribution in [0.15, 0.2) is 18.2 Å². The molecule has 4 N–H and O–H groups in total. The fourth-order valence-electron chi connectivity index (χ4n) is 1.24. The van der Waals surface area contributed by atoms with Crippen molar-refractivity contribution in [1.82, 2.24) is 0 Å². The quantitative estimate of drug-likeness (QED) is 0.420. The summed E-state index contributed by atoms with van der Waals surface area (Å²) in [5.41, 5.74) is 11.3. The fourth-order valence-corrected chi connectivity index (χ4v) is 1.24. The first-order chi connectivity index (χ1) is 7.11. The van der Waals surface area contributed by atoms with Gasteiger partial charge in [-0.1, -0.05) is 12.1 Å². The van der Waals surface area contributed by atoms with Crippen molar-refractivity contribution >= 4 is 17.4 Å². The van der Waals surface area contributed by atoms with Gasteiger partial charge in [-0.25, -0.2) is 4.79 Å². The van der Waals surface area contributed by atoms with Crippen LogP contribution in [0.4, 0.5) is 5.69 Å². The van der Waals surface area contributed by atoms with Crippen LogP contribution in [0.2, 0.25) is 0 Å². The molecular weight excluding hydrogens is 196 g/mol. The summed E-state index contributed by atoms with van der Waals surface area (Å²) in [6, 6.07) is 4.61. The van der Waals surface area contributed by atoms with Crippen molar-refractivity contribution in [3.05, 3.63) is 29.3 Å². The number of methoxy groups -OCH3 is 1. The molecule has 1 aromatic rings. The molecule has 0 atom stereocenters. The van der Waals surface area contributed by atoms with Crippen molar-refractivity contribution in [1.29, 1.82) is 0 Å². The number of hydrogen-bond donors (Lipinski definition) is 2. The molecule has 80 valence electrons. The van der Waals surface area contributed by atoms with Gasteiger partial charge >= 0.3 is 5.97 Å². The number of anilines is 1. The highest BCUT2D eigenvalue weighted by molar-refractivity contribution is 6.09. The molecule has 0 spiro atoms. The molecule has 0 aliphatic heterocycles. The SMILES string of the molecule is COC(=O)c1c(N)cccc1C(=O)CN. The minimum atomic E-state index is -0.634. The zero-order valence-corrected chi connectivity index (χ0v) is 8.32. The van der Waals surface area contributed by atoms with Gasteiger partial charge in [-0.3, -0.25) is 4.79 Å². The maximum atomic E-state index is 11.4. The van der Waals surface area contributed by atoms with Gasteiger partial charge in [0.2, 0.25) is 0 Å². The van der Waals surface area contributed by atoms with E-state index in [0.717, 1.165) is 0 Å². The number of esters is 1. The summed E-state index contributed by atoms with van der Waals surface area (Å²) in [5, 5.41) is 0. The number of nitrogen functional groups attached to an aromatic ring is 1. The zero-order chi connectivity index (χ0) is 11.4.